The van der Waals surface area contributed by atoms with Gasteiger partial charge >= 0.3 is 0 Å². The van der Waals surface area contributed by atoms with Crippen molar-refractivity contribution in [3.05, 3.63) is 40.7 Å². The fourth-order valence-corrected chi connectivity index (χ4v) is 5.68. The first kappa shape index (κ1) is 22.7. The molecule has 2 aliphatic heterocycles. The summed E-state index contributed by atoms with van der Waals surface area (Å²) in [6, 6.07) is 5.88. The molecule has 1 amide bonds. The highest BCUT2D eigenvalue weighted by Crippen LogP contribution is 2.41. The Morgan fingerprint density at radius 2 is 2.00 bits per heavy atom. The highest BCUT2D eigenvalue weighted by Gasteiger charge is 2.36. The number of hydrazine groups is 1. The number of rotatable bonds is 6. The van der Waals surface area contributed by atoms with Crippen molar-refractivity contribution < 1.29 is 9.53 Å². The van der Waals surface area contributed by atoms with Gasteiger partial charge in [0.2, 0.25) is 11.9 Å². The lowest BCUT2D eigenvalue weighted by Gasteiger charge is -2.37. The first-order valence-electron chi connectivity index (χ1n) is 12.6. The summed E-state index contributed by atoms with van der Waals surface area (Å²) in [6.07, 6.45) is 7.63. The molecule has 10 heteroatoms. The van der Waals surface area contributed by atoms with Crippen LogP contribution in [0.4, 0.5) is 11.6 Å². The molecule has 3 aliphatic rings. The number of aromatic nitrogens is 4. The van der Waals surface area contributed by atoms with E-state index >= 15 is 0 Å². The predicted octanol–water partition coefficient (Wildman–Crippen LogP) is 4.14. The maximum Gasteiger partial charge on any atom is 0.242 e. The topological polar surface area (TPSA) is 88.4 Å². The molecule has 2 fully saturated rings. The van der Waals surface area contributed by atoms with Gasteiger partial charge in [-0.3, -0.25) is 14.5 Å². The average Bonchev–Trinajstić information content (AvgIpc) is 3.60. The van der Waals surface area contributed by atoms with Crippen LogP contribution in [0.25, 0.3) is 11.0 Å². The van der Waals surface area contributed by atoms with Crippen molar-refractivity contribution in [3.8, 4) is 0 Å². The van der Waals surface area contributed by atoms with Gasteiger partial charge in [0.05, 0.1) is 30.3 Å². The summed E-state index contributed by atoms with van der Waals surface area (Å²) in [5, 5.41) is 13.7. The highest BCUT2D eigenvalue weighted by atomic mass is 35.5. The molecular formula is C25H30ClN7O2. The van der Waals surface area contributed by atoms with Gasteiger partial charge in [0.15, 0.2) is 5.65 Å². The molecule has 0 spiro atoms. The predicted molar refractivity (Wildman–Crippen MR) is 135 cm³/mol. The van der Waals surface area contributed by atoms with Gasteiger partial charge in [-0.15, -0.1) is 0 Å². The van der Waals surface area contributed by atoms with Gasteiger partial charge in [-0.1, -0.05) is 31.4 Å². The van der Waals surface area contributed by atoms with Crippen molar-refractivity contribution in [2.24, 2.45) is 0 Å². The van der Waals surface area contributed by atoms with E-state index in [1.54, 1.807) is 6.07 Å². The van der Waals surface area contributed by atoms with Gasteiger partial charge in [-0.25, -0.2) is 9.99 Å². The monoisotopic (exact) mass is 495 g/mol. The molecule has 2 aromatic heterocycles. The van der Waals surface area contributed by atoms with E-state index in [4.69, 9.17) is 31.4 Å². The van der Waals surface area contributed by atoms with Crippen molar-refractivity contribution in [3.63, 3.8) is 0 Å². The van der Waals surface area contributed by atoms with Gasteiger partial charge in [0.1, 0.15) is 5.92 Å². The molecule has 6 rings (SSSR count). The molecule has 1 aromatic carbocycles. The summed E-state index contributed by atoms with van der Waals surface area (Å²) in [7, 11) is 0. The largest absolute Gasteiger partial charge is 0.379 e. The van der Waals surface area contributed by atoms with Gasteiger partial charge in [0.25, 0.3) is 0 Å². The third kappa shape index (κ3) is 4.15. The fourth-order valence-electron chi connectivity index (χ4n) is 5.50. The summed E-state index contributed by atoms with van der Waals surface area (Å²) in [5.74, 6) is -0.0891. The van der Waals surface area contributed by atoms with E-state index in [1.165, 1.54) is 12.8 Å². The number of anilines is 2. The van der Waals surface area contributed by atoms with Crippen LogP contribution in [-0.2, 0) is 9.53 Å². The normalized spacial score (nSPS) is 21.0. The van der Waals surface area contributed by atoms with Crippen molar-refractivity contribution >= 4 is 40.2 Å². The molecule has 1 aliphatic carbocycles. The van der Waals surface area contributed by atoms with E-state index in [-0.39, 0.29) is 5.91 Å². The number of ether oxygens (including phenoxy) is 1. The Hall–Kier alpha value is -2.75. The highest BCUT2D eigenvalue weighted by molar-refractivity contribution is 6.31. The molecule has 1 saturated carbocycles. The Labute approximate surface area is 209 Å². The molecule has 1 N–H and O–H groups in total. The van der Waals surface area contributed by atoms with Gasteiger partial charge < -0.3 is 10.1 Å². The molecular weight excluding hydrogens is 466 g/mol. The summed E-state index contributed by atoms with van der Waals surface area (Å²) in [5.41, 5.74) is 2.94. The Balaban J connectivity index is 1.51. The van der Waals surface area contributed by atoms with E-state index in [1.807, 2.05) is 23.0 Å². The second-order valence-electron chi connectivity index (χ2n) is 9.54. The lowest BCUT2D eigenvalue weighted by atomic mass is 9.95. The summed E-state index contributed by atoms with van der Waals surface area (Å²) < 4.78 is 7.62. The number of morpholine rings is 1. The molecule has 35 heavy (non-hydrogen) atoms. The minimum absolute atomic E-state index is 0.102. The molecule has 1 atom stereocenters. The Morgan fingerprint density at radius 1 is 1.20 bits per heavy atom. The van der Waals surface area contributed by atoms with Crippen molar-refractivity contribution in [1.82, 2.24) is 24.8 Å². The Bertz CT molecular complexity index is 1250. The number of hydrogen-bond donors (Lipinski definition) is 1. The molecule has 4 heterocycles. The number of amides is 1. The second-order valence-corrected chi connectivity index (χ2v) is 9.97. The zero-order valence-electron chi connectivity index (χ0n) is 19.9. The Kier molecular flexibility index (Phi) is 6.07. The van der Waals surface area contributed by atoms with Crippen LogP contribution in [0.15, 0.2) is 24.4 Å². The van der Waals surface area contributed by atoms with E-state index in [2.05, 4.69) is 22.3 Å². The van der Waals surface area contributed by atoms with Crippen LogP contribution in [0.3, 0.4) is 0 Å². The number of nitrogens with one attached hydrogen (secondary N) is 1. The Morgan fingerprint density at radius 3 is 2.77 bits per heavy atom. The smallest absolute Gasteiger partial charge is 0.242 e. The minimum Gasteiger partial charge on any atom is -0.379 e. The average molecular weight is 496 g/mol. The quantitative estimate of drug-likeness (QED) is 0.549. The number of carbonyl (C=O) groups excluding carboxylic acids is 1. The summed E-state index contributed by atoms with van der Waals surface area (Å²) >= 11 is 6.34. The maximum atomic E-state index is 13.3. The van der Waals surface area contributed by atoms with Gasteiger partial charge in [-0.05, 0) is 43.0 Å². The van der Waals surface area contributed by atoms with Crippen LogP contribution in [0.1, 0.15) is 62.2 Å². The third-order valence-electron chi connectivity index (χ3n) is 7.23. The summed E-state index contributed by atoms with van der Waals surface area (Å²) in [4.78, 5) is 23.3. The molecule has 1 unspecified atom stereocenters. The van der Waals surface area contributed by atoms with Crippen LogP contribution in [0.5, 0.6) is 0 Å². The van der Waals surface area contributed by atoms with Crippen molar-refractivity contribution in [1.29, 1.82) is 0 Å². The zero-order valence-corrected chi connectivity index (χ0v) is 20.7. The number of fused-ring (bicyclic) bond motifs is 2. The first-order chi connectivity index (χ1) is 17.1. The number of hydrogen-bond acceptors (Lipinski definition) is 7. The fraction of sp³-hybridized carbons (Fsp3) is 0.520. The lowest BCUT2D eigenvalue weighted by molar-refractivity contribution is -0.116. The van der Waals surface area contributed by atoms with Crippen molar-refractivity contribution in [2.45, 2.75) is 51.0 Å². The maximum absolute atomic E-state index is 13.3. The number of halogens is 1. The van der Waals surface area contributed by atoms with Crippen LogP contribution in [-0.4, -0.2) is 63.5 Å². The van der Waals surface area contributed by atoms with Crippen LogP contribution < -0.4 is 10.3 Å². The lowest BCUT2D eigenvalue weighted by Crippen LogP contribution is -2.50. The molecule has 3 aromatic rings. The van der Waals surface area contributed by atoms with E-state index in [0.29, 0.717) is 41.6 Å². The molecule has 184 valence electrons. The first-order valence-corrected chi connectivity index (χ1v) is 13.0. The third-order valence-corrected chi connectivity index (χ3v) is 7.46. The minimum atomic E-state index is -0.567. The molecule has 0 bridgehead atoms. The van der Waals surface area contributed by atoms with Crippen LogP contribution >= 0.6 is 11.6 Å². The van der Waals surface area contributed by atoms with E-state index < -0.39 is 5.92 Å². The second kappa shape index (κ2) is 9.37. The molecule has 0 radical (unpaired) electrons. The molecule has 1 saturated heterocycles. The SMILES string of the molecule is CCCN(c1nc(C2C(=O)Nc3ccc(Cl)cc32)c2cn(C3CCCC3)nc2n1)N1CCOCC1. The molecule has 9 nitrogen and oxygen atoms in total. The number of benzene rings is 1. The van der Waals surface area contributed by atoms with Gasteiger partial charge in [-0.2, -0.15) is 10.1 Å². The van der Waals surface area contributed by atoms with Crippen LogP contribution in [0.2, 0.25) is 5.02 Å². The van der Waals surface area contributed by atoms with Crippen molar-refractivity contribution in [2.75, 3.05) is 43.2 Å². The number of carbonyl (C=O) groups is 1. The summed E-state index contributed by atoms with van der Waals surface area (Å²) in [6.45, 7) is 5.80. The van der Waals surface area contributed by atoms with E-state index in [9.17, 15) is 4.79 Å². The van der Waals surface area contributed by atoms with Gasteiger partial charge in [0, 0.05) is 36.5 Å². The van der Waals surface area contributed by atoms with Crippen LogP contribution in [0, 0.1) is 0 Å². The standard InChI is InChI=1S/C25H30ClN7O2/c1-2-9-33(31-10-12-35-13-11-31)25-28-22(21-18-14-16(26)7-8-20(18)27-24(21)34)19-15-32(30-23(19)29-25)17-5-3-4-6-17/h7-8,14-15,17,21H,2-6,9-13H2,1H3,(H,27,34). The van der Waals surface area contributed by atoms with E-state index in [0.717, 1.165) is 55.5 Å². The number of nitrogens with zero attached hydrogens (tertiary/aromatic N) is 6. The zero-order chi connectivity index (χ0) is 23.9.